The largest absolute Gasteiger partial charge is 0.478 e. The number of nitrogens with one attached hydrogen (secondary N) is 1. The van der Waals surface area contributed by atoms with E-state index in [0.29, 0.717) is 11.4 Å². The minimum Gasteiger partial charge on any atom is -0.478 e. The average molecular weight is 246 g/mol. The van der Waals surface area contributed by atoms with Crippen molar-refractivity contribution >= 4 is 22.7 Å². The van der Waals surface area contributed by atoms with E-state index in [4.69, 9.17) is 0 Å². The summed E-state index contributed by atoms with van der Waals surface area (Å²) >= 11 is 0. The van der Waals surface area contributed by atoms with Gasteiger partial charge in [-0.25, -0.2) is 4.79 Å². The van der Waals surface area contributed by atoms with Gasteiger partial charge in [0.2, 0.25) is 0 Å². The van der Waals surface area contributed by atoms with Gasteiger partial charge in [-0.3, -0.25) is 0 Å². The van der Waals surface area contributed by atoms with Gasteiger partial charge >= 0.3 is 5.97 Å². The fourth-order valence-electron chi connectivity index (χ4n) is 1.93. The van der Waals surface area contributed by atoms with Gasteiger partial charge in [-0.05, 0) is 26.8 Å². The molecule has 0 saturated heterocycles. The van der Waals surface area contributed by atoms with Crippen LogP contribution in [-0.2, 0) is 0 Å². The number of benzene rings is 1. The van der Waals surface area contributed by atoms with Crippen LogP contribution in [0.1, 0.15) is 31.1 Å². The molecule has 2 aromatic rings. The summed E-state index contributed by atoms with van der Waals surface area (Å²) in [6.07, 6.45) is 0. The van der Waals surface area contributed by atoms with Gasteiger partial charge in [-0.15, -0.1) is 0 Å². The van der Waals surface area contributed by atoms with E-state index in [1.165, 1.54) is 0 Å². The van der Waals surface area contributed by atoms with Crippen molar-refractivity contribution in [1.29, 1.82) is 0 Å². The number of nitrogens with zero attached hydrogens (tertiary/aromatic N) is 1. The first-order valence-corrected chi connectivity index (χ1v) is 5.90. The van der Waals surface area contributed by atoms with Gasteiger partial charge in [-0.2, -0.15) is 0 Å². The first-order chi connectivity index (χ1) is 8.32. The summed E-state index contributed by atoms with van der Waals surface area (Å²) in [6, 6.07) is 7.46. The Morgan fingerprint density at radius 1 is 1.28 bits per heavy atom. The molecule has 0 unspecified atom stereocenters. The maximum atomic E-state index is 11.5. The number of rotatable bonds is 2. The Hall–Kier alpha value is -1.97. The lowest BCUT2D eigenvalue weighted by atomic mass is 10.1. The van der Waals surface area contributed by atoms with E-state index in [9.17, 15) is 9.90 Å². The van der Waals surface area contributed by atoms with Gasteiger partial charge in [0.1, 0.15) is 11.4 Å². The Bertz CT molecular complexity index is 593. The minimum atomic E-state index is -0.904. The van der Waals surface area contributed by atoms with Crippen molar-refractivity contribution in [3.05, 3.63) is 29.8 Å². The molecule has 1 aromatic heterocycles. The third-order valence-corrected chi connectivity index (χ3v) is 3.24. The predicted octanol–water partition coefficient (Wildman–Crippen LogP) is 3.10. The summed E-state index contributed by atoms with van der Waals surface area (Å²) < 4.78 is 0. The second-order valence-corrected chi connectivity index (χ2v) is 5.43. The van der Waals surface area contributed by atoms with Gasteiger partial charge in [-0.1, -0.05) is 18.2 Å². The lowest BCUT2D eigenvalue weighted by Gasteiger charge is -2.33. The summed E-state index contributed by atoms with van der Waals surface area (Å²) in [5, 5.41) is 10.2. The van der Waals surface area contributed by atoms with Crippen molar-refractivity contribution in [3.63, 3.8) is 0 Å². The van der Waals surface area contributed by atoms with E-state index in [2.05, 4.69) is 4.98 Å². The fraction of sp³-hybridized carbons (Fsp3) is 0.357. The Morgan fingerprint density at radius 2 is 1.89 bits per heavy atom. The van der Waals surface area contributed by atoms with Crippen molar-refractivity contribution in [2.45, 2.75) is 26.3 Å². The molecule has 0 aliphatic heterocycles. The predicted molar refractivity (Wildman–Crippen MR) is 73.4 cm³/mol. The number of fused-ring (bicyclic) bond motifs is 1. The van der Waals surface area contributed by atoms with Crippen LogP contribution in [0.3, 0.4) is 0 Å². The van der Waals surface area contributed by atoms with Crippen LogP contribution < -0.4 is 4.90 Å². The first-order valence-electron chi connectivity index (χ1n) is 5.90. The Morgan fingerprint density at radius 3 is 2.44 bits per heavy atom. The molecule has 1 heterocycles. The number of hydrogen-bond donors (Lipinski definition) is 2. The number of carboxylic acid groups (broad SMARTS) is 1. The fourth-order valence-corrected chi connectivity index (χ4v) is 1.93. The molecule has 0 bridgehead atoms. The lowest BCUT2D eigenvalue weighted by Crippen LogP contribution is -2.39. The zero-order chi connectivity index (χ0) is 13.5. The van der Waals surface area contributed by atoms with Gasteiger partial charge in [0.05, 0.1) is 0 Å². The molecule has 0 atom stereocenters. The van der Waals surface area contributed by atoms with Gasteiger partial charge in [0.25, 0.3) is 0 Å². The Labute approximate surface area is 106 Å². The molecule has 0 saturated carbocycles. The zero-order valence-corrected chi connectivity index (χ0v) is 11.1. The molecule has 0 radical (unpaired) electrons. The van der Waals surface area contributed by atoms with Crippen LogP contribution in [0.5, 0.6) is 0 Å². The molecule has 0 aliphatic carbocycles. The summed E-state index contributed by atoms with van der Waals surface area (Å²) in [5.41, 5.74) is 1.04. The lowest BCUT2D eigenvalue weighted by molar-refractivity contribution is 0.0699. The highest BCUT2D eigenvalue weighted by molar-refractivity contribution is 6.08. The quantitative estimate of drug-likeness (QED) is 0.856. The third kappa shape index (κ3) is 1.94. The van der Waals surface area contributed by atoms with Crippen molar-refractivity contribution < 1.29 is 9.90 Å². The van der Waals surface area contributed by atoms with Gasteiger partial charge in [0, 0.05) is 23.5 Å². The molecule has 0 fully saturated rings. The average Bonchev–Trinajstić information content (AvgIpc) is 2.65. The number of carboxylic acids is 1. The highest BCUT2D eigenvalue weighted by atomic mass is 16.4. The number of anilines is 1. The van der Waals surface area contributed by atoms with Crippen LogP contribution in [0, 0.1) is 0 Å². The first kappa shape index (κ1) is 12.5. The molecular weight excluding hydrogens is 228 g/mol. The van der Waals surface area contributed by atoms with E-state index in [0.717, 1.165) is 10.9 Å². The van der Waals surface area contributed by atoms with Gasteiger partial charge in [0.15, 0.2) is 0 Å². The van der Waals surface area contributed by atoms with Crippen molar-refractivity contribution in [2.24, 2.45) is 0 Å². The molecule has 4 nitrogen and oxygen atoms in total. The van der Waals surface area contributed by atoms with Crippen molar-refractivity contribution in [2.75, 3.05) is 11.9 Å². The number of aromatic nitrogens is 1. The maximum Gasteiger partial charge on any atom is 0.340 e. The number of aromatic carboxylic acids is 1. The van der Waals surface area contributed by atoms with Crippen LogP contribution in [0.25, 0.3) is 10.9 Å². The molecule has 0 amide bonds. The standard InChI is InChI=1S/C14H18N2O2/c1-14(2,3)16(4)12-11(13(17)18)9-7-5-6-8-10(9)15-12/h5-8,15H,1-4H3,(H,17,18). The van der Waals surface area contributed by atoms with Crippen LogP contribution in [0.15, 0.2) is 24.3 Å². The molecule has 0 spiro atoms. The van der Waals surface area contributed by atoms with Crippen LogP contribution >= 0.6 is 0 Å². The van der Waals surface area contributed by atoms with Gasteiger partial charge < -0.3 is 15.0 Å². The molecule has 96 valence electrons. The third-order valence-electron chi connectivity index (χ3n) is 3.24. The van der Waals surface area contributed by atoms with E-state index >= 15 is 0 Å². The smallest absolute Gasteiger partial charge is 0.340 e. The second-order valence-electron chi connectivity index (χ2n) is 5.43. The summed E-state index contributed by atoms with van der Waals surface area (Å²) in [4.78, 5) is 16.6. The molecule has 0 aliphatic rings. The summed E-state index contributed by atoms with van der Waals surface area (Å²) in [5.74, 6) is -0.255. The summed E-state index contributed by atoms with van der Waals surface area (Å²) in [6.45, 7) is 6.14. The number of carbonyl (C=O) groups is 1. The SMILES string of the molecule is CN(c1[nH]c2ccccc2c1C(=O)O)C(C)(C)C. The van der Waals surface area contributed by atoms with Crippen LogP contribution in [-0.4, -0.2) is 28.6 Å². The second kappa shape index (κ2) is 4.05. The van der Waals surface area contributed by atoms with Crippen molar-refractivity contribution in [3.8, 4) is 0 Å². The Balaban J connectivity index is 2.71. The molecule has 18 heavy (non-hydrogen) atoms. The number of hydrogen-bond acceptors (Lipinski definition) is 2. The topological polar surface area (TPSA) is 56.3 Å². The van der Waals surface area contributed by atoms with E-state index in [-0.39, 0.29) is 5.54 Å². The maximum absolute atomic E-state index is 11.5. The number of H-pyrrole nitrogens is 1. The number of aromatic amines is 1. The molecule has 2 N–H and O–H groups in total. The van der Waals surface area contributed by atoms with E-state index in [1.54, 1.807) is 0 Å². The van der Waals surface area contributed by atoms with E-state index < -0.39 is 5.97 Å². The molecule has 4 heteroatoms. The normalized spacial score (nSPS) is 11.8. The van der Waals surface area contributed by atoms with E-state index in [1.807, 2.05) is 57.0 Å². The van der Waals surface area contributed by atoms with Crippen molar-refractivity contribution in [1.82, 2.24) is 4.98 Å². The highest BCUT2D eigenvalue weighted by Crippen LogP contribution is 2.31. The summed E-state index contributed by atoms with van der Waals surface area (Å²) in [7, 11) is 1.90. The molecular formula is C14H18N2O2. The monoisotopic (exact) mass is 246 g/mol. The Kier molecular flexibility index (Phi) is 2.81. The highest BCUT2D eigenvalue weighted by Gasteiger charge is 2.26. The molecule has 1 aromatic carbocycles. The zero-order valence-electron chi connectivity index (χ0n) is 11.1. The number of para-hydroxylation sites is 1. The van der Waals surface area contributed by atoms with Crippen LogP contribution in [0.2, 0.25) is 0 Å². The molecule has 2 rings (SSSR count). The minimum absolute atomic E-state index is 0.148. The van der Waals surface area contributed by atoms with Crippen LogP contribution in [0.4, 0.5) is 5.82 Å².